The predicted octanol–water partition coefficient (Wildman–Crippen LogP) is 2.74. The molecule has 1 heterocycles. The summed E-state index contributed by atoms with van der Waals surface area (Å²) < 4.78 is 0. The van der Waals surface area contributed by atoms with E-state index in [0.717, 1.165) is 0 Å². The number of rotatable bonds is 3. The molecule has 98 valence electrons. The van der Waals surface area contributed by atoms with Crippen LogP contribution in [0.1, 0.15) is 31.1 Å². The molecule has 1 amide bonds. The van der Waals surface area contributed by atoms with Crippen molar-refractivity contribution in [1.82, 2.24) is 9.88 Å². The Morgan fingerprint density at radius 2 is 2.22 bits per heavy atom. The molecule has 0 saturated heterocycles. The monoisotopic (exact) mass is 267 g/mol. The summed E-state index contributed by atoms with van der Waals surface area (Å²) in [6.07, 6.45) is 3.08. The Morgan fingerprint density at radius 1 is 1.61 bits per heavy atom. The highest BCUT2D eigenvalue weighted by Crippen LogP contribution is 2.22. The second-order valence-corrected chi connectivity index (χ2v) is 5.36. The van der Waals surface area contributed by atoms with E-state index in [4.69, 9.17) is 17.3 Å². The lowest BCUT2D eigenvalue weighted by Gasteiger charge is -2.35. The van der Waals surface area contributed by atoms with E-state index in [1.54, 1.807) is 11.0 Å². The molecule has 0 spiro atoms. The van der Waals surface area contributed by atoms with Crippen molar-refractivity contribution in [3.63, 3.8) is 0 Å². The third-order valence-corrected chi connectivity index (χ3v) is 2.71. The van der Waals surface area contributed by atoms with Crippen molar-refractivity contribution in [1.29, 1.82) is 0 Å². The zero-order valence-corrected chi connectivity index (χ0v) is 11.7. The molecule has 0 saturated carbocycles. The number of aromatic nitrogens is 1. The topological polar surface area (TPSA) is 59.2 Å². The van der Waals surface area contributed by atoms with Gasteiger partial charge in [-0.05, 0) is 26.8 Å². The van der Waals surface area contributed by atoms with E-state index in [9.17, 15) is 4.79 Å². The van der Waals surface area contributed by atoms with Crippen LogP contribution >= 0.6 is 11.6 Å². The van der Waals surface area contributed by atoms with Crippen LogP contribution in [0.5, 0.6) is 0 Å². The molecule has 0 radical (unpaired) electrons. The molecule has 1 rings (SSSR count). The fraction of sp³-hybridized carbons (Fsp3) is 0.385. The highest BCUT2D eigenvalue weighted by molar-refractivity contribution is 6.29. The summed E-state index contributed by atoms with van der Waals surface area (Å²) in [4.78, 5) is 18.0. The van der Waals surface area contributed by atoms with Crippen molar-refractivity contribution in [3.8, 4) is 0 Å². The van der Waals surface area contributed by atoms with Gasteiger partial charge in [0.1, 0.15) is 5.15 Å². The molecule has 2 N–H and O–H groups in total. The van der Waals surface area contributed by atoms with E-state index in [-0.39, 0.29) is 16.6 Å². The number of hydrogen-bond acceptors (Lipinski definition) is 3. The zero-order valence-electron chi connectivity index (χ0n) is 10.9. The van der Waals surface area contributed by atoms with Crippen molar-refractivity contribution in [3.05, 3.63) is 35.6 Å². The van der Waals surface area contributed by atoms with Crippen LogP contribution in [0.4, 0.5) is 5.69 Å². The standard InChI is InChI=1S/C13H18ClN3O/c1-5-6-17(13(2,3)4)12(18)9-7-11(14)16-8-10(9)15/h5,7-8H,1,6,15H2,2-4H3. The zero-order chi connectivity index (χ0) is 13.9. The molecular weight excluding hydrogens is 250 g/mol. The molecule has 5 heteroatoms. The minimum Gasteiger partial charge on any atom is -0.397 e. The lowest BCUT2D eigenvalue weighted by molar-refractivity contribution is 0.0617. The first kappa shape index (κ1) is 14.5. The molecule has 0 aliphatic heterocycles. The smallest absolute Gasteiger partial charge is 0.256 e. The Balaban J connectivity index is 3.17. The molecule has 0 bridgehead atoms. The third-order valence-electron chi connectivity index (χ3n) is 2.50. The molecule has 0 aliphatic carbocycles. The number of carbonyl (C=O) groups is 1. The quantitative estimate of drug-likeness (QED) is 0.677. The van der Waals surface area contributed by atoms with Crippen LogP contribution in [0.15, 0.2) is 24.9 Å². The largest absolute Gasteiger partial charge is 0.397 e. The van der Waals surface area contributed by atoms with Crippen LogP contribution < -0.4 is 5.73 Å². The van der Waals surface area contributed by atoms with Crippen molar-refractivity contribution in [2.24, 2.45) is 0 Å². The second kappa shape index (κ2) is 5.40. The van der Waals surface area contributed by atoms with Gasteiger partial charge in [-0.2, -0.15) is 0 Å². The maximum absolute atomic E-state index is 12.5. The van der Waals surface area contributed by atoms with Crippen LogP contribution in [0.2, 0.25) is 5.15 Å². The van der Waals surface area contributed by atoms with Crippen LogP contribution in [0, 0.1) is 0 Å². The third kappa shape index (κ3) is 3.23. The summed E-state index contributed by atoms with van der Waals surface area (Å²) in [7, 11) is 0. The van der Waals surface area contributed by atoms with Crippen LogP contribution in [0.25, 0.3) is 0 Å². The number of hydrogen-bond donors (Lipinski definition) is 1. The average Bonchev–Trinajstić information content (AvgIpc) is 2.27. The van der Waals surface area contributed by atoms with E-state index in [0.29, 0.717) is 17.8 Å². The molecule has 4 nitrogen and oxygen atoms in total. The Kier molecular flexibility index (Phi) is 4.35. The number of halogens is 1. The second-order valence-electron chi connectivity index (χ2n) is 4.97. The Bertz CT molecular complexity index is 466. The van der Waals surface area contributed by atoms with E-state index in [1.807, 2.05) is 20.8 Å². The fourth-order valence-electron chi connectivity index (χ4n) is 1.56. The van der Waals surface area contributed by atoms with Gasteiger partial charge in [0, 0.05) is 12.1 Å². The van der Waals surface area contributed by atoms with E-state index >= 15 is 0 Å². The van der Waals surface area contributed by atoms with Gasteiger partial charge in [-0.25, -0.2) is 4.98 Å². The molecule has 18 heavy (non-hydrogen) atoms. The number of carbonyl (C=O) groups excluding carboxylic acids is 1. The number of pyridine rings is 1. The van der Waals surface area contributed by atoms with E-state index in [1.165, 1.54) is 12.3 Å². The Labute approximate surface area is 112 Å². The van der Waals surface area contributed by atoms with Crippen LogP contribution in [-0.4, -0.2) is 27.9 Å². The molecular formula is C13H18ClN3O. The number of anilines is 1. The van der Waals surface area contributed by atoms with Gasteiger partial charge in [0.05, 0.1) is 17.4 Å². The fourth-order valence-corrected chi connectivity index (χ4v) is 1.72. The van der Waals surface area contributed by atoms with Gasteiger partial charge >= 0.3 is 0 Å². The van der Waals surface area contributed by atoms with Gasteiger partial charge < -0.3 is 10.6 Å². The predicted molar refractivity (Wildman–Crippen MR) is 74.6 cm³/mol. The number of amides is 1. The van der Waals surface area contributed by atoms with Crippen molar-refractivity contribution in [2.75, 3.05) is 12.3 Å². The summed E-state index contributed by atoms with van der Waals surface area (Å²) in [5.41, 5.74) is 6.14. The lowest BCUT2D eigenvalue weighted by Crippen LogP contribution is -2.45. The molecule has 0 unspecified atom stereocenters. The summed E-state index contributed by atoms with van der Waals surface area (Å²) >= 11 is 5.80. The summed E-state index contributed by atoms with van der Waals surface area (Å²) in [5.74, 6) is -0.177. The normalized spacial score (nSPS) is 11.1. The van der Waals surface area contributed by atoms with Crippen LogP contribution in [-0.2, 0) is 0 Å². The summed E-state index contributed by atoms with van der Waals surface area (Å²) in [5, 5.41) is 0.250. The molecule has 1 aromatic rings. The van der Waals surface area contributed by atoms with Gasteiger partial charge in [-0.3, -0.25) is 4.79 Å². The van der Waals surface area contributed by atoms with Gasteiger partial charge in [-0.1, -0.05) is 17.7 Å². The summed E-state index contributed by atoms with van der Waals surface area (Å²) in [6.45, 7) is 9.97. The van der Waals surface area contributed by atoms with E-state index < -0.39 is 0 Å². The SMILES string of the molecule is C=CCN(C(=O)c1cc(Cl)ncc1N)C(C)(C)C. The summed E-state index contributed by atoms with van der Waals surface area (Å²) in [6, 6.07) is 1.49. The van der Waals surface area contributed by atoms with Crippen molar-refractivity contribution in [2.45, 2.75) is 26.3 Å². The van der Waals surface area contributed by atoms with Gasteiger partial charge in [0.2, 0.25) is 0 Å². The van der Waals surface area contributed by atoms with Gasteiger partial charge in [0.15, 0.2) is 0 Å². The minimum absolute atomic E-state index is 0.177. The Hall–Kier alpha value is -1.55. The molecule has 1 aromatic heterocycles. The number of nitrogens with two attached hydrogens (primary N) is 1. The Morgan fingerprint density at radius 3 is 2.72 bits per heavy atom. The molecule has 0 atom stereocenters. The van der Waals surface area contributed by atoms with Crippen molar-refractivity contribution >= 4 is 23.2 Å². The molecule has 0 fully saturated rings. The maximum Gasteiger partial charge on any atom is 0.256 e. The first-order valence-electron chi connectivity index (χ1n) is 5.61. The lowest BCUT2D eigenvalue weighted by atomic mass is 10.0. The first-order valence-corrected chi connectivity index (χ1v) is 5.99. The highest BCUT2D eigenvalue weighted by Gasteiger charge is 2.27. The van der Waals surface area contributed by atoms with Gasteiger partial charge in [-0.15, -0.1) is 6.58 Å². The number of nitrogens with zero attached hydrogens (tertiary/aromatic N) is 2. The minimum atomic E-state index is -0.326. The number of nitrogen functional groups attached to an aromatic ring is 1. The first-order chi connectivity index (χ1) is 8.27. The molecule has 0 aliphatic rings. The highest BCUT2D eigenvalue weighted by atomic mass is 35.5. The van der Waals surface area contributed by atoms with E-state index in [2.05, 4.69) is 11.6 Å². The van der Waals surface area contributed by atoms with Crippen molar-refractivity contribution < 1.29 is 4.79 Å². The van der Waals surface area contributed by atoms with Crippen LogP contribution in [0.3, 0.4) is 0 Å². The molecule has 0 aromatic carbocycles. The average molecular weight is 268 g/mol. The van der Waals surface area contributed by atoms with Gasteiger partial charge in [0.25, 0.3) is 5.91 Å². The maximum atomic E-state index is 12.5.